The zero-order valence-corrected chi connectivity index (χ0v) is 14.3. The summed E-state index contributed by atoms with van der Waals surface area (Å²) in [5, 5.41) is 3.64. The van der Waals surface area contributed by atoms with Crippen molar-refractivity contribution in [1.82, 2.24) is 15.1 Å². The van der Waals surface area contributed by atoms with Crippen molar-refractivity contribution in [1.29, 1.82) is 0 Å². The predicted molar refractivity (Wildman–Crippen MR) is 84.6 cm³/mol. The van der Waals surface area contributed by atoms with Crippen LogP contribution >= 0.6 is 0 Å². The summed E-state index contributed by atoms with van der Waals surface area (Å²) in [6.07, 6.45) is 0. The molecule has 19 heavy (non-hydrogen) atoms. The molecule has 1 aliphatic heterocycles. The highest BCUT2D eigenvalue weighted by atomic mass is 15.3. The molecule has 114 valence electrons. The zero-order chi connectivity index (χ0) is 14.8. The van der Waals surface area contributed by atoms with Crippen LogP contribution in [0.5, 0.6) is 0 Å². The van der Waals surface area contributed by atoms with E-state index in [1.54, 1.807) is 0 Å². The molecular weight excluding hydrogens is 234 g/mol. The van der Waals surface area contributed by atoms with Crippen LogP contribution in [0.25, 0.3) is 0 Å². The molecule has 0 amide bonds. The van der Waals surface area contributed by atoms with E-state index in [2.05, 4.69) is 70.6 Å². The van der Waals surface area contributed by atoms with Gasteiger partial charge >= 0.3 is 0 Å². The van der Waals surface area contributed by atoms with Crippen LogP contribution in [0.3, 0.4) is 0 Å². The van der Waals surface area contributed by atoms with Gasteiger partial charge in [-0.2, -0.15) is 0 Å². The smallest absolute Gasteiger partial charge is 0.0195 e. The Labute approximate surface area is 120 Å². The standard InChI is InChI=1S/C16H35N3/c1-12(9-17-16(5,6)7)15(4)19-10-13(2)18(8)14(3)11-19/h12-15,17H,9-11H2,1-8H3. The maximum Gasteiger partial charge on any atom is 0.0195 e. The molecule has 0 saturated carbocycles. The molecule has 0 aromatic rings. The van der Waals surface area contributed by atoms with E-state index in [0.29, 0.717) is 24.0 Å². The lowest BCUT2D eigenvalue weighted by Crippen LogP contribution is -2.58. The van der Waals surface area contributed by atoms with Crippen LogP contribution in [0.1, 0.15) is 48.5 Å². The largest absolute Gasteiger partial charge is 0.312 e. The average Bonchev–Trinajstić information content (AvgIpc) is 2.30. The van der Waals surface area contributed by atoms with Gasteiger partial charge in [0.15, 0.2) is 0 Å². The highest BCUT2D eigenvalue weighted by Crippen LogP contribution is 2.19. The van der Waals surface area contributed by atoms with Crippen LogP contribution in [0.2, 0.25) is 0 Å². The summed E-state index contributed by atoms with van der Waals surface area (Å²) < 4.78 is 0. The Morgan fingerprint density at radius 2 is 1.58 bits per heavy atom. The van der Waals surface area contributed by atoms with Crippen molar-refractivity contribution in [2.24, 2.45) is 5.92 Å². The van der Waals surface area contributed by atoms with Crippen molar-refractivity contribution in [3.8, 4) is 0 Å². The van der Waals surface area contributed by atoms with Gasteiger partial charge in [-0.15, -0.1) is 0 Å². The van der Waals surface area contributed by atoms with Gasteiger partial charge < -0.3 is 5.32 Å². The fourth-order valence-electron chi connectivity index (χ4n) is 2.78. The van der Waals surface area contributed by atoms with Crippen LogP contribution < -0.4 is 5.32 Å². The number of piperazine rings is 1. The second kappa shape index (κ2) is 6.55. The molecule has 1 saturated heterocycles. The number of hydrogen-bond donors (Lipinski definition) is 1. The van der Waals surface area contributed by atoms with Crippen molar-refractivity contribution < 1.29 is 0 Å². The lowest BCUT2D eigenvalue weighted by molar-refractivity contribution is 0.0234. The molecule has 0 bridgehead atoms. The Morgan fingerprint density at radius 1 is 1.11 bits per heavy atom. The van der Waals surface area contributed by atoms with E-state index in [1.807, 2.05) is 0 Å². The molecule has 1 heterocycles. The number of nitrogens with zero attached hydrogens (tertiary/aromatic N) is 2. The molecule has 0 aromatic carbocycles. The lowest BCUT2D eigenvalue weighted by Gasteiger charge is -2.46. The summed E-state index contributed by atoms with van der Waals surface area (Å²) in [7, 11) is 2.25. The minimum absolute atomic E-state index is 0.219. The molecule has 3 nitrogen and oxygen atoms in total. The maximum atomic E-state index is 3.64. The Kier molecular flexibility index (Phi) is 5.84. The quantitative estimate of drug-likeness (QED) is 0.845. The van der Waals surface area contributed by atoms with Crippen LogP contribution in [0.15, 0.2) is 0 Å². The second-order valence-corrected chi connectivity index (χ2v) is 7.67. The second-order valence-electron chi connectivity index (χ2n) is 7.67. The Balaban J connectivity index is 2.50. The summed E-state index contributed by atoms with van der Waals surface area (Å²) >= 11 is 0. The fourth-order valence-corrected chi connectivity index (χ4v) is 2.78. The minimum atomic E-state index is 0.219. The summed E-state index contributed by atoms with van der Waals surface area (Å²) in [5.74, 6) is 0.682. The first-order chi connectivity index (χ1) is 8.61. The van der Waals surface area contributed by atoms with Crippen LogP contribution in [0, 0.1) is 5.92 Å². The van der Waals surface area contributed by atoms with E-state index in [4.69, 9.17) is 0 Å². The summed E-state index contributed by atoms with van der Waals surface area (Å²) in [5.41, 5.74) is 0.219. The molecule has 1 N–H and O–H groups in total. The number of likely N-dealkylation sites (N-methyl/N-ethyl adjacent to an activating group) is 1. The molecule has 0 spiro atoms. The van der Waals surface area contributed by atoms with E-state index in [-0.39, 0.29) is 5.54 Å². The van der Waals surface area contributed by atoms with Crippen LogP contribution in [-0.4, -0.2) is 60.1 Å². The molecule has 1 fully saturated rings. The van der Waals surface area contributed by atoms with Gasteiger partial charge in [-0.05, 0) is 61.1 Å². The minimum Gasteiger partial charge on any atom is -0.312 e. The van der Waals surface area contributed by atoms with Gasteiger partial charge in [0, 0.05) is 36.8 Å². The van der Waals surface area contributed by atoms with Crippen molar-refractivity contribution in [3.63, 3.8) is 0 Å². The maximum absolute atomic E-state index is 3.64. The normalized spacial score (nSPS) is 30.3. The molecule has 1 rings (SSSR count). The van der Waals surface area contributed by atoms with E-state index in [0.717, 1.165) is 6.54 Å². The number of hydrogen-bond acceptors (Lipinski definition) is 3. The first-order valence-electron chi connectivity index (χ1n) is 7.83. The molecule has 4 unspecified atom stereocenters. The average molecular weight is 269 g/mol. The van der Waals surface area contributed by atoms with Gasteiger partial charge in [0.25, 0.3) is 0 Å². The van der Waals surface area contributed by atoms with E-state index >= 15 is 0 Å². The first kappa shape index (κ1) is 16.9. The summed E-state index contributed by atoms with van der Waals surface area (Å²) in [6, 6.07) is 1.97. The van der Waals surface area contributed by atoms with Gasteiger partial charge in [-0.3, -0.25) is 9.80 Å². The van der Waals surface area contributed by atoms with Crippen molar-refractivity contribution in [2.45, 2.75) is 72.1 Å². The molecule has 4 atom stereocenters. The van der Waals surface area contributed by atoms with Crippen LogP contribution in [0.4, 0.5) is 0 Å². The van der Waals surface area contributed by atoms with E-state index in [1.165, 1.54) is 13.1 Å². The monoisotopic (exact) mass is 269 g/mol. The predicted octanol–water partition coefficient (Wildman–Crippen LogP) is 2.42. The topological polar surface area (TPSA) is 18.5 Å². The number of nitrogens with one attached hydrogen (secondary N) is 1. The molecule has 0 aromatic heterocycles. The number of rotatable bonds is 4. The van der Waals surface area contributed by atoms with E-state index in [9.17, 15) is 0 Å². The van der Waals surface area contributed by atoms with Crippen molar-refractivity contribution in [2.75, 3.05) is 26.7 Å². The fraction of sp³-hybridized carbons (Fsp3) is 1.00. The van der Waals surface area contributed by atoms with Crippen molar-refractivity contribution >= 4 is 0 Å². The molecule has 1 aliphatic rings. The molecule has 3 heteroatoms. The third-order valence-corrected chi connectivity index (χ3v) is 4.74. The summed E-state index contributed by atoms with van der Waals surface area (Å²) in [4.78, 5) is 5.17. The first-order valence-corrected chi connectivity index (χ1v) is 7.83. The zero-order valence-electron chi connectivity index (χ0n) is 14.3. The third kappa shape index (κ3) is 5.05. The highest BCUT2D eigenvalue weighted by Gasteiger charge is 2.31. The van der Waals surface area contributed by atoms with Crippen LogP contribution in [-0.2, 0) is 0 Å². The SMILES string of the molecule is CC(CNC(C)(C)C)C(C)N1CC(C)N(C)C(C)C1. The molecule has 0 radical (unpaired) electrons. The lowest BCUT2D eigenvalue weighted by atomic mass is 9.97. The molecular formula is C16H35N3. The van der Waals surface area contributed by atoms with Gasteiger partial charge in [-0.25, -0.2) is 0 Å². The van der Waals surface area contributed by atoms with E-state index < -0.39 is 0 Å². The third-order valence-electron chi connectivity index (χ3n) is 4.74. The van der Waals surface area contributed by atoms with Gasteiger partial charge in [0.2, 0.25) is 0 Å². The summed E-state index contributed by atoms with van der Waals surface area (Å²) in [6.45, 7) is 19.7. The highest BCUT2D eigenvalue weighted by molar-refractivity contribution is 4.87. The van der Waals surface area contributed by atoms with Gasteiger partial charge in [0.1, 0.15) is 0 Å². The Bertz CT molecular complexity index is 260. The Hall–Kier alpha value is -0.120. The Morgan fingerprint density at radius 3 is 2.00 bits per heavy atom. The van der Waals surface area contributed by atoms with Crippen molar-refractivity contribution in [3.05, 3.63) is 0 Å². The van der Waals surface area contributed by atoms with Gasteiger partial charge in [-0.1, -0.05) is 6.92 Å². The molecule has 0 aliphatic carbocycles. The van der Waals surface area contributed by atoms with Gasteiger partial charge in [0.05, 0.1) is 0 Å².